The molecule has 396 valence electrons. The van der Waals surface area contributed by atoms with E-state index in [1.807, 2.05) is 13.1 Å². The fourth-order valence-electron chi connectivity index (χ4n) is 10.4. The highest BCUT2D eigenvalue weighted by atomic mass is 28.5. The number of carbonyl (C=O) groups excluding carboxylic acids is 6. The minimum Gasteiger partial charge on any atom is -0.459 e. The molecule has 2 aliphatic carbocycles. The van der Waals surface area contributed by atoms with Crippen molar-refractivity contribution in [2.45, 2.75) is 164 Å². The van der Waals surface area contributed by atoms with Gasteiger partial charge in [0.15, 0.2) is 16.6 Å². The molecule has 0 aliphatic heterocycles. The maximum atomic E-state index is 13.6. The summed E-state index contributed by atoms with van der Waals surface area (Å²) in [6, 6.07) is 0.920. The summed E-state index contributed by atoms with van der Waals surface area (Å²) in [6.07, 6.45) is 3.67. The van der Waals surface area contributed by atoms with E-state index in [1.54, 1.807) is 13.8 Å². The predicted molar refractivity (Wildman–Crippen MR) is 272 cm³/mol. The second-order valence-corrected chi connectivity index (χ2v) is 35.5. The fraction of sp³-hybridized carbons (Fsp3) is 0.792. The number of carbonyl (C=O) groups is 6. The van der Waals surface area contributed by atoms with Crippen LogP contribution in [0.15, 0.2) is 24.3 Å². The summed E-state index contributed by atoms with van der Waals surface area (Å²) in [4.78, 5) is 74.2. The number of rotatable bonds is 27. The van der Waals surface area contributed by atoms with Crippen molar-refractivity contribution in [3.8, 4) is 0 Å². The molecule has 69 heavy (non-hydrogen) atoms. The van der Waals surface area contributed by atoms with Crippen molar-refractivity contribution in [3.63, 3.8) is 0 Å². The molecule has 2 aliphatic rings. The number of ether oxygens (including phenoxy) is 6. The Morgan fingerprint density at radius 3 is 1.41 bits per heavy atom. The van der Waals surface area contributed by atoms with Crippen molar-refractivity contribution in [1.82, 2.24) is 21.3 Å². The third kappa shape index (κ3) is 25.8. The van der Waals surface area contributed by atoms with E-state index in [0.29, 0.717) is 38.6 Å². The van der Waals surface area contributed by atoms with Gasteiger partial charge in [-0.3, -0.25) is 4.79 Å². The Kier molecular flexibility index (Phi) is 23.7. The van der Waals surface area contributed by atoms with Gasteiger partial charge in [-0.05, 0) is 126 Å². The van der Waals surface area contributed by atoms with Crippen LogP contribution in [0.5, 0.6) is 0 Å². The molecule has 0 aromatic rings. The zero-order valence-corrected chi connectivity index (χ0v) is 47.5. The molecule has 0 bridgehead atoms. The maximum absolute atomic E-state index is 13.6. The molecule has 0 radical (unpaired) electrons. The van der Waals surface area contributed by atoms with Gasteiger partial charge in [-0.15, -0.1) is 0 Å². The Labute approximate surface area is 415 Å². The average Bonchev–Trinajstić information content (AvgIpc) is 3.16. The van der Waals surface area contributed by atoms with E-state index < -0.39 is 55.4 Å². The molecule has 2 rings (SSSR count). The zero-order valence-electron chi connectivity index (χ0n) is 44.5. The topological polar surface area (TPSA) is 224 Å². The summed E-state index contributed by atoms with van der Waals surface area (Å²) in [5, 5.41) is 12.0. The normalized spacial score (nSPS) is 22.2. The van der Waals surface area contributed by atoms with Crippen LogP contribution < -0.4 is 21.3 Å². The first kappa shape index (κ1) is 61.4. The van der Waals surface area contributed by atoms with E-state index in [0.717, 1.165) is 38.1 Å². The Hall–Kier alpha value is -3.77. The van der Waals surface area contributed by atoms with Crippen LogP contribution in [0.3, 0.4) is 0 Å². The molecule has 18 nitrogen and oxygen atoms in total. The Morgan fingerprint density at radius 2 is 0.942 bits per heavy atom. The van der Waals surface area contributed by atoms with Crippen molar-refractivity contribution in [2.75, 3.05) is 59.3 Å². The molecular formula is C48H88N4O14Si3. The SMILES string of the molecule is C=C(C)C(=O)OCCOC(=O)NCC1(C)CC(NC(=O)C[Si](C)(C)O[Si](C)(C)O[Si](C)(C)CCCOCCOC(=O)NC2CC(C)(C)CC(C)(CNC(=O)OCCOC(=O)C(=C)C)C2)CC(C)(C)C1. The highest BCUT2D eigenvalue weighted by Gasteiger charge is 2.45. The first-order chi connectivity index (χ1) is 31.6. The van der Waals surface area contributed by atoms with Crippen molar-refractivity contribution >= 4 is 61.3 Å². The second kappa shape index (κ2) is 26.6. The number of amides is 4. The van der Waals surface area contributed by atoms with Gasteiger partial charge in [0, 0.05) is 49.0 Å². The first-order valence-corrected chi connectivity index (χ1v) is 33.4. The Bertz CT molecular complexity index is 1790. The van der Waals surface area contributed by atoms with Gasteiger partial charge in [-0.25, -0.2) is 24.0 Å². The van der Waals surface area contributed by atoms with Gasteiger partial charge in [0.2, 0.25) is 5.91 Å². The minimum absolute atomic E-state index is 0.0435. The predicted octanol–water partition coefficient (Wildman–Crippen LogP) is 8.24. The molecule has 4 amide bonds. The van der Waals surface area contributed by atoms with Crippen LogP contribution in [0.2, 0.25) is 51.4 Å². The molecule has 4 atom stereocenters. The quantitative estimate of drug-likeness (QED) is 0.0200. The molecule has 2 fully saturated rings. The van der Waals surface area contributed by atoms with Gasteiger partial charge in [0.25, 0.3) is 0 Å². The van der Waals surface area contributed by atoms with E-state index >= 15 is 0 Å². The van der Waals surface area contributed by atoms with Gasteiger partial charge in [-0.1, -0.05) is 54.7 Å². The van der Waals surface area contributed by atoms with Crippen LogP contribution in [0, 0.1) is 21.7 Å². The molecule has 0 aromatic carbocycles. The Morgan fingerprint density at radius 1 is 0.536 bits per heavy atom. The van der Waals surface area contributed by atoms with E-state index in [4.69, 9.17) is 36.7 Å². The summed E-state index contributed by atoms with van der Waals surface area (Å²) in [7, 11) is -7.28. The van der Waals surface area contributed by atoms with Gasteiger partial charge < -0.3 is 57.9 Å². The lowest BCUT2D eigenvalue weighted by Gasteiger charge is -2.47. The lowest BCUT2D eigenvalue weighted by atomic mass is 9.62. The molecule has 0 saturated heterocycles. The smallest absolute Gasteiger partial charge is 0.407 e. The van der Waals surface area contributed by atoms with Gasteiger partial charge in [0.05, 0.1) is 6.61 Å². The third-order valence-electron chi connectivity index (χ3n) is 11.8. The number of alkyl carbamates (subject to hydrolysis) is 3. The van der Waals surface area contributed by atoms with Crippen LogP contribution >= 0.6 is 0 Å². The monoisotopic (exact) mass is 1030 g/mol. The highest BCUT2D eigenvalue weighted by molar-refractivity contribution is 6.88. The summed E-state index contributed by atoms with van der Waals surface area (Å²) in [5.41, 5.74) is -0.208. The van der Waals surface area contributed by atoms with Crippen molar-refractivity contribution in [3.05, 3.63) is 24.3 Å². The molecule has 2 saturated carbocycles. The summed E-state index contributed by atoms with van der Waals surface area (Å²) in [6.45, 7) is 36.8. The number of hydrogen-bond donors (Lipinski definition) is 4. The molecular weight excluding hydrogens is 941 g/mol. The Balaban J connectivity index is 1.72. The minimum atomic E-state index is -2.62. The summed E-state index contributed by atoms with van der Waals surface area (Å²) >= 11 is 0. The van der Waals surface area contributed by atoms with Crippen molar-refractivity contribution in [1.29, 1.82) is 0 Å². The molecule has 0 aromatic heterocycles. The average molecular weight is 1030 g/mol. The summed E-state index contributed by atoms with van der Waals surface area (Å²) in [5.74, 6) is -1.12. The van der Waals surface area contributed by atoms with Crippen molar-refractivity contribution in [2.24, 2.45) is 21.7 Å². The van der Waals surface area contributed by atoms with Gasteiger partial charge in [-0.2, -0.15) is 0 Å². The molecule has 0 heterocycles. The fourth-order valence-corrected chi connectivity index (χ4v) is 24.2. The van der Waals surface area contributed by atoms with Gasteiger partial charge >= 0.3 is 38.8 Å². The summed E-state index contributed by atoms with van der Waals surface area (Å²) < 4.78 is 45.1. The third-order valence-corrected chi connectivity index (χ3v) is 22.9. The molecule has 4 unspecified atom stereocenters. The highest BCUT2D eigenvalue weighted by Crippen LogP contribution is 2.47. The second-order valence-electron chi connectivity index (χ2n) is 23.2. The first-order valence-electron chi connectivity index (χ1n) is 24.3. The van der Waals surface area contributed by atoms with Crippen molar-refractivity contribution < 1.29 is 65.4 Å². The van der Waals surface area contributed by atoms with E-state index in [9.17, 15) is 28.8 Å². The van der Waals surface area contributed by atoms with Gasteiger partial charge in [0.1, 0.15) is 33.0 Å². The molecule has 21 heteroatoms. The largest absolute Gasteiger partial charge is 0.459 e. The zero-order chi connectivity index (χ0) is 52.5. The molecule has 0 spiro atoms. The lowest BCUT2D eigenvalue weighted by Crippen LogP contribution is -2.54. The maximum Gasteiger partial charge on any atom is 0.407 e. The van der Waals surface area contributed by atoms with E-state index in [1.165, 1.54) is 0 Å². The number of esters is 2. The van der Waals surface area contributed by atoms with E-state index in [2.05, 4.69) is 102 Å². The van der Waals surface area contributed by atoms with Crippen LogP contribution in [0.25, 0.3) is 0 Å². The standard InChI is InChI=1S/C48H88N4O14Si3/c1-35(2)40(54)60-21-23-62-42(56)49-33-47(9)28-37(26-45(5,6)31-47)51-39(53)30-68(13,14)66-69(15,16)65-67(11,12)25-17-18-59-19-20-64-44(58)52-38-27-46(7,8)32-48(10,29-38)34-50-43(57)63-24-22-61-41(55)36(3)4/h37-38H,1,3,17-34H2,2,4-16H3,(H,49,56)(H,50,57)(H,51,53)(H,52,58). The van der Waals surface area contributed by atoms with Crippen LogP contribution in [0.4, 0.5) is 14.4 Å². The van der Waals surface area contributed by atoms with Crippen LogP contribution in [-0.2, 0) is 51.0 Å². The lowest BCUT2D eigenvalue weighted by molar-refractivity contribution is -0.140. The number of hydrogen-bond acceptors (Lipinski definition) is 14. The van der Waals surface area contributed by atoms with Crippen LogP contribution in [0.1, 0.15) is 100 Å². The van der Waals surface area contributed by atoms with Crippen LogP contribution in [-0.4, -0.2) is 133 Å². The number of nitrogens with one attached hydrogen (secondary N) is 4. The molecule has 4 N–H and O–H groups in total. The van der Waals surface area contributed by atoms with E-state index in [-0.39, 0.29) is 90.4 Å².